The molecule has 0 atom stereocenters. The molecule has 1 heterocycles. The molecule has 0 unspecified atom stereocenters. The zero-order chi connectivity index (χ0) is 24.2. The first-order valence-electron chi connectivity index (χ1n) is 10.3. The molecule has 0 spiro atoms. The predicted molar refractivity (Wildman–Crippen MR) is 134 cm³/mol. The highest BCUT2D eigenvalue weighted by Crippen LogP contribution is 2.26. The van der Waals surface area contributed by atoms with Gasteiger partial charge in [-0.05, 0) is 54.4 Å². The Morgan fingerprint density at radius 2 is 1.65 bits per heavy atom. The summed E-state index contributed by atoms with van der Waals surface area (Å²) in [6.07, 6.45) is 0. The van der Waals surface area contributed by atoms with Crippen molar-refractivity contribution in [3.63, 3.8) is 0 Å². The van der Waals surface area contributed by atoms with Crippen LogP contribution in [0.1, 0.15) is 21.6 Å². The van der Waals surface area contributed by atoms with E-state index in [4.69, 9.17) is 23.2 Å². The van der Waals surface area contributed by atoms with Crippen LogP contribution in [0.4, 0.5) is 5.69 Å². The van der Waals surface area contributed by atoms with Gasteiger partial charge < -0.3 is 10.6 Å². The number of anilines is 1. The Kier molecular flexibility index (Phi) is 6.86. The molecule has 9 heteroatoms. The van der Waals surface area contributed by atoms with Crippen molar-refractivity contribution >= 4 is 57.5 Å². The van der Waals surface area contributed by atoms with Gasteiger partial charge in [0.1, 0.15) is 5.69 Å². The van der Waals surface area contributed by atoms with Crippen LogP contribution in [0.25, 0.3) is 10.9 Å². The second-order valence-electron chi connectivity index (χ2n) is 7.54. The molecule has 34 heavy (non-hydrogen) atoms. The largest absolute Gasteiger partial charge is 0.344 e. The third kappa shape index (κ3) is 5.06. The van der Waals surface area contributed by atoms with E-state index in [0.717, 1.165) is 5.56 Å². The Morgan fingerprint density at radius 1 is 0.882 bits per heavy atom. The van der Waals surface area contributed by atoms with Gasteiger partial charge in [0.2, 0.25) is 0 Å². The maximum absolute atomic E-state index is 13.2. The minimum Gasteiger partial charge on any atom is -0.344 e. The van der Waals surface area contributed by atoms with Crippen LogP contribution in [-0.4, -0.2) is 22.4 Å². The molecule has 0 fully saturated rings. The molecule has 7 nitrogen and oxygen atoms in total. The van der Waals surface area contributed by atoms with Crippen LogP contribution in [0.3, 0.4) is 0 Å². The van der Waals surface area contributed by atoms with Gasteiger partial charge in [0, 0.05) is 27.7 Å². The molecule has 0 aliphatic heterocycles. The SMILES string of the molecule is Cc1c(Cl)cccc1NC(=O)c1cc2cc(Cl)ccc2n1NC(=O)C(=O)NCc1ccccc1. The standard InChI is InChI=1S/C25H20Cl2N4O3/c1-15-19(27)8-5-9-20(15)29-23(32)22-13-17-12-18(26)10-11-21(17)31(22)30-25(34)24(33)28-14-16-6-3-2-4-7-16/h2-13H,14H2,1H3,(H,28,33)(H,29,32)(H,30,34). The second kappa shape index (κ2) is 9.99. The molecular weight excluding hydrogens is 475 g/mol. The van der Waals surface area contributed by atoms with Crippen molar-refractivity contribution in [1.29, 1.82) is 0 Å². The number of fused-ring (bicyclic) bond motifs is 1. The molecule has 1 aromatic heterocycles. The molecule has 172 valence electrons. The molecule has 0 saturated carbocycles. The summed E-state index contributed by atoms with van der Waals surface area (Å²) in [6.45, 7) is 1.97. The van der Waals surface area contributed by atoms with E-state index in [-0.39, 0.29) is 12.2 Å². The maximum Gasteiger partial charge on any atom is 0.328 e. The molecule has 4 aromatic rings. The lowest BCUT2D eigenvalue weighted by Crippen LogP contribution is -2.39. The van der Waals surface area contributed by atoms with E-state index in [1.165, 1.54) is 4.68 Å². The van der Waals surface area contributed by atoms with Gasteiger partial charge in [0.25, 0.3) is 5.91 Å². The van der Waals surface area contributed by atoms with E-state index in [0.29, 0.717) is 32.2 Å². The summed E-state index contributed by atoms with van der Waals surface area (Å²) in [5, 5.41) is 6.96. The van der Waals surface area contributed by atoms with Crippen LogP contribution in [0.5, 0.6) is 0 Å². The predicted octanol–water partition coefficient (Wildman–Crippen LogP) is 4.90. The van der Waals surface area contributed by atoms with Crippen molar-refractivity contribution in [2.75, 3.05) is 10.7 Å². The van der Waals surface area contributed by atoms with Gasteiger partial charge in [-0.3, -0.25) is 19.8 Å². The molecule has 0 saturated heterocycles. The van der Waals surface area contributed by atoms with Gasteiger partial charge in [0.15, 0.2) is 0 Å². The molecule has 0 aliphatic carbocycles. The summed E-state index contributed by atoms with van der Waals surface area (Å²) in [6, 6.07) is 20.9. The van der Waals surface area contributed by atoms with E-state index in [1.54, 1.807) is 49.4 Å². The van der Waals surface area contributed by atoms with Crippen LogP contribution in [0.15, 0.2) is 72.8 Å². The topological polar surface area (TPSA) is 92.2 Å². The second-order valence-corrected chi connectivity index (χ2v) is 8.39. The average Bonchev–Trinajstić information content (AvgIpc) is 3.18. The number of aromatic nitrogens is 1. The van der Waals surface area contributed by atoms with Crippen molar-refractivity contribution < 1.29 is 14.4 Å². The number of carbonyl (C=O) groups is 3. The Morgan fingerprint density at radius 3 is 2.41 bits per heavy atom. The van der Waals surface area contributed by atoms with E-state index >= 15 is 0 Å². The lowest BCUT2D eigenvalue weighted by Gasteiger charge is -2.14. The van der Waals surface area contributed by atoms with Gasteiger partial charge in [-0.2, -0.15) is 0 Å². The number of nitrogens with one attached hydrogen (secondary N) is 3. The Balaban J connectivity index is 1.60. The molecule has 4 rings (SSSR count). The molecular formula is C25H20Cl2N4O3. The van der Waals surface area contributed by atoms with Gasteiger partial charge in [0.05, 0.1) is 5.52 Å². The first kappa shape index (κ1) is 23.4. The fourth-order valence-corrected chi connectivity index (χ4v) is 3.77. The van der Waals surface area contributed by atoms with Crippen LogP contribution < -0.4 is 16.1 Å². The van der Waals surface area contributed by atoms with Crippen molar-refractivity contribution in [1.82, 2.24) is 9.99 Å². The van der Waals surface area contributed by atoms with Gasteiger partial charge in [-0.1, -0.05) is 59.6 Å². The van der Waals surface area contributed by atoms with Crippen molar-refractivity contribution in [3.05, 3.63) is 99.7 Å². The fourth-order valence-electron chi connectivity index (χ4n) is 3.41. The Hall–Kier alpha value is -3.81. The molecule has 3 N–H and O–H groups in total. The third-order valence-corrected chi connectivity index (χ3v) is 5.87. The first-order chi connectivity index (χ1) is 16.3. The molecule has 0 bridgehead atoms. The Bertz CT molecular complexity index is 1400. The molecule has 3 amide bonds. The summed E-state index contributed by atoms with van der Waals surface area (Å²) in [7, 11) is 0. The van der Waals surface area contributed by atoms with Crippen molar-refractivity contribution in [3.8, 4) is 0 Å². The zero-order valence-electron chi connectivity index (χ0n) is 18.1. The highest BCUT2D eigenvalue weighted by molar-refractivity contribution is 6.38. The van der Waals surface area contributed by atoms with E-state index in [9.17, 15) is 14.4 Å². The number of nitrogens with zero attached hydrogens (tertiary/aromatic N) is 1. The average molecular weight is 495 g/mol. The summed E-state index contributed by atoms with van der Waals surface area (Å²) >= 11 is 12.3. The van der Waals surface area contributed by atoms with Crippen LogP contribution >= 0.6 is 23.2 Å². The zero-order valence-corrected chi connectivity index (χ0v) is 19.6. The number of halogens is 2. The van der Waals surface area contributed by atoms with Gasteiger partial charge in [-0.15, -0.1) is 0 Å². The van der Waals surface area contributed by atoms with Gasteiger partial charge >= 0.3 is 11.8 Å². The van der Waals surface area contributed by atoms with Crippen LogP contribution in [0, 0.1) is 6.92 Å². The molecule has 3 aromatic carbocycles. The number of carbonyl (C=O) groups excluding carboxylic acids is 3. The Labute approximate surface area is 205 Å². The lowest BCUT2D eigenvalue weighted by atomic mass is 10.2. The first-order valence-corrected chi connectivity index (χ1v) is 11.1. The highest BCUT2D eigenvalue weighted by atomic mass is 35.5. The van der Waals surface area contributed by atoms with E-state index < -0.39 is 17.7 Å². The monoisotopic (exact) mass is 494 g/mol. The smallest absolute Gasteiger partial charge is 0.328 e. The number of hydrogen-bond donors (Lipinski definition) is 3. The molecule has 0 aliphatic rings. The summed E-state index contributed by atoms with van der Waals surface area (Å²) in [4.78, 5) is 38.2. The molecule has 0 radical (unpaired) electrons. The number of benzene rings is 3. The highest BCUT2D eigenvalue weighted by Gasteiger charge is 2.21. The number of amides is 3. The summed E-state index contributed by atoms with van der Waals surface area (Å²) < 4.78 is 1.27. The normalized spacial score (nSPS) is 10.7. The van der Waals surface area contributed by atoms with Gasteiger partial charge in [-0.25, -0.2) is 4.68 Å². The van der Waals surface area contributed by atoms with E-state index in [1.807, 2.05) is 30.3 Å². The summed E-state index contributed by atoms with van der Waals surface area (Å²) in [5.41, 5.74) is 5.21. The van der Waals surface area contributed by atoms with Crippen LogP contribution in [-0.2, 0) is 16.1 Å². The minimum absolute atomic E-state index is 0.112. The fraction of sp³-hybridized carbons (Fsp3) is 0.0800. The quantitative estimate of drug-likeness (QED) is 0.344. The van der Waals surface area contributed by atoms with Crippen molar-refractivity contribution in [2.24, 2.45) is 0 Å². The summed E-state index contributed by atoms with van der Waals surface area (Å²) in [5.74, 6) is -2.25. The van der Waals surface area contributed by atoms with Crippen molar-refractivity contribution in [2.45, 2.75) is 13.5 Å². The number of hydrogen-bond acceptors (Lipinski definition) is 3. The lowest BCUT2D eigenvalue weighted by molar-refractivity contribution is -0.136. The maximum atomic E-state index is 13.2. The van der Waals surface area contributed by atoms with Crippen LogP contribution in [0.2, 0.25) is 10.0 Å². The third-order valence-electron chi connectivity index (χ3n) is 5.23. The van der Waals surface area contributed by atoms with E-state index in [2.05, 4.69) is 16.1 Å². The minimum atomic E-state index is -0.920. The number of rotatable bonds is 5.